The normalized spacial score (nSPS) is 12.5. The van der Waals surface area contributed by atoms with E-state index in [-0.39, 0.29) is 5.92 Å². The lowest BCUT2D eigenvalue weighted by molar-refractivity contribution is 0.203. The zero-order valence-electron chi connectivity index (χ0n) is 11.8. The molecular formula is C18H17NOS. The van der Waals surface area contributed by atoms with Crippen molar-refractivity contribution in [2.24, 2.45) is 0 Å². The van der Waals surface area contributed by atoms with E-state index in [0.717, 1.165) is 9.88 Å². The number of aliphatic hydroxyl groups is 1. The van der Waals surface area contributed by atoms with Crippen LogP contribution in [0.15, 0.2) is 66.9 Å². The Kier molecular flexibility index (Phi) is 4.13. The van der Waals surface area contributed by atoms with Crippen LogP contribution in [0.25, 0.3) is 0 Å². The van der Waals surface area contributed by atoms with Gasteiger partial charge in [0.25, 0.3) is 0 Å². The van der Waals surface area contributed by atoms with Gasteiger partial charge in [-0.25, -0.2) is 4.98 Å². The first-order valence-corrected chi connectivity index (χ1v) is 7.81. The van der Waals surface area contributed by atoms with Crippen LogP contribution in [0.1, 0.15) is 40.0 Å². The van der Waals surface area contributed by atoms with Crippen molar-refractivity contribution in [1.82, 2.24) is 4.98 Å². The van der Waals surface area contributed by atoms with Crippen LogP contribution in [0, 0.1) is 0 Å². The van der Waals surface area contributed by atoms with E-state index >= 15 is 0 Å². The Labute approximate surface area is 128 Å². The average molecular weight is 295 g/mol. The van der Waals surface area contributed by atoms with Crippen LogP contribution in [0.3, 0.4) is 0 Å². The number of rotatable bonds is 4. The second-order valence-corrected chi connectivity index (χ2v) is 6.13. The van der Waals surface area contributed by atoms with E-state index in [2.05, 4.69) is 53.5 Å². The molecule has 0 saturated heterocycles. The van der Waals surface area contributed by atoms with Crippen molar-refractivity contribution in [3.63, 3.8) is 0 Å². The highest BCUT2D eigenvalue weighted by molar-refractivity contribution is 7.11. The SMILES string of the molecule is CC(O)c1cnc(C(c2ccccc2)c2ccccc2)s1. The molecule has 0 bridgehead atoms. The number of benzene rings is 2. The summed E-state index contributed by atoms with van der Waals surface area (Å²) in [6.07, 6.45) is 1.31. The summed E-state index contributed by atoms with van der Waals surface area (Å²) >= 11 is 1.58. The maximum absolute atomic E-state index is 9.73. The van der Waals surface area contributed by atoms with Gasteiger partial charge in [0.1, 0.15) is 5.01 Å². The maximum atomic E-state index is 9.73. The standard InChI is InChI=1S/C18H17NOS/c1-13(20)16-12-19-18(21-16)17(14-8-4-2-5-9-14)15-10-6-3-7-11-15/h2-13,17,20H,1H3. The third-order valence-corrected chi connectivity index (χ3v) is 4.70. The molecule has 3 aromatic rings. The van der Waals surface area contributed by atoms with Crippen molar-refractivity contribution >= 4 is 11.3 Å². The van der Waals surface area contributed by atoms with Gasteiger partial charge in [-0.2, -0.15) is 0 Å². The molecule has 0 aliphatic rings. The summed E-state index contributed by atoms with van der Waals surface area (Å²) in [5.74, 6) is 0.116. The highest BCUT2D eigenvalue weighted by Gasteiger charge is 2.20. The third-order valence-electron chi connectivity index (χ3n) is 3.47. The van der Waals surface area contributed by atoms with E-state index < -0.39 is 6.10 Å². The molecule has 0 amide bonds. The molecule has 1 heterocycles. The van der Waals surface area contributed by atoms with E-state index in [1.54, 1.807) is 24.5 Å². The summed E-state index contributed by atoms with van der Waals surface area (Å²) < 4.78 is 0. The summed E-state index contributed by atoms with van der Waals surface area (Å²) in [6.45, 7) is 1.78. The van der Waals surface area contributed by atoms with Gasteiger partial charge in [-0.1, -0.05) is 60.7 Å². The average Bonchev–Trinajstić information content (AvgIpc) is 3.00. The highest BCUT2D eigenvalue weighted by Crippen LogP contribution is 2.35. The van der Waals surface area contributed by atoms with Crippen LogP contribution < -0.4 is 0 Å². The lowest BCUT2D eigenvalue weighted by Gasteiger charge is -2.15. The van der Waals surface area contributed by atoms with Crippen LogP contribution in [-0.4, -0.2) is 10.1 Å². The van der Waals surface area contributed by atoms with Gasteiger partial charge in [-0.15, -0.1) is 11.3 Å². The van der Waals surface area contributed by atoms with Crippen LogP contribution in [0.4, 0.5) is 0 Å². The van der Waals surface area contributed by atoms with E-state index in [4.69, 9.17) is 0 Å². The molecule has 0 spiro atoms. The van der Waals surface area contributed by atoms with Crippen LogP contribution in [-0.2, 0) is 0 Å². The minimum atomic E-state index is -0.469. The number of nitrogens with zero attached hydrogens (tertiary/aromatic N) is 1. The molecule has 0 radical (unpaired) electrons. The Bertz CT molecular complexity index is 652. The Morgan fingerprint density at radius 1 is 0.905 bits per heavy atom. The monoisotopic (exact) mass is 295 g/mol. The van der Waals surface area contributed by atoms with Gasteiger partial charge in [0, 0.05) is 6.20 Å². The molecule has 3 heteroatoms. The van der Waals surface area contributed by atoms with Gasteiger partial charge < -0.3 is 5.11 Å². The van der Waals surface area contributed by atoms with Crippen molar-refractivity contribution in [3.8, 4) is 0 Å². The van der Waals surface area contributed by atoms with Crippen molar-refractivity contribution < 1.29 is 5.11 Å². The largest absolute Gasteiger partial charge is 0.388 e. The Balaban J connectivity index is 2.08. The molecule has 1 aromatic heterocycles. The quantitative estimate of drug-likeness (QED) is 0.775. The summed E-state index contributed by atoms with van der Waals surface area (Å²) in [4.78, 5) is 5.45. The summed E-state index contributed by atoms with van der Waals surface area (Å²) in [6, 6.07) is 20.7. The molecule has 21 heavy (non-hydrogen) atoms. The van der Waals surface area contributed by atoms with E-state index in [1.165, 1.54) is 11.1 Å². The molecule has 1 atom stereocenters. The lowest BCUT2D eigenvalue weighted by atomic mass is 9.92. The smallest absolute Gasteiger partial charge is 0.105 e. The number of hydrogen-bond donors (Lipinski definition) is 1. The van der Waals surface area contributed by atoms with Gasteiger partial charge in [0.05, 0.1) is 16.9 Å². The van der Waals surface area contributed by atoms with Crippen LogP contribution >= 0.6 is 11.3 Å². The van der Waals surface area contributed by atoms with Crippen LogP contribution in [0.2, 0.25) is 0 Å². The van der Waals surface area contributed by atoms with Gasteiger partial charge in [0.2, 0.25) is 0 Å². The third kappa shape index (κ3) is 3.04. The van der Waals surface area contributed by atoms with Gasteiger partial charge in [0.15, 0.2) is 0 Å². The molecule has 0 saturated carbocycles. The fourth-order valence-corrected chi connectivity index (χ4v) is 3.41. The first-order chi connectivity index (χ1) is 10.3. The zero-order valence-corrected chi connectivity index (χ0v) is 12.6. The first kappa shape index (κ1) is 14.0. The van der Waals surface area contributed by atoms with Crippen molar-refractivity contribution in [1.29, 1.82) is 0 Å². The number of thiazole rings is 1. The second-order valence-electron chi connectivity index (χ2n) is 5.03. The zero-order chi connectivity index (χ0) is 14.7. The fourth-order valence-electron chi connectivity index (χ4n) is 2.40. The minimum absolute atomic E-state index is 0.116. The van der Waals surface area contributed by atoms with Gasteiger partial charge in [-0.3, -0.25) is 0 Å². The molecule has 3 rings (SSSR count). The molecule has 106 valence electrons. The topological polar surface area (TPSA) is 33.1 Å². The van der Waals surface area contributed by atoms with E-state index in [9.17, 15) is 5.11 Å². The predicted molar refractivity (Wildman–Crippen MR) is 86.6 cm³/mol. The maximum Gasteiger partial charge on any atom is 0.105 e. The molecule has 0 aliphatic carbocycles. The summed E-state index contributed by atoms with van der Waals surface area (Å²) in [5, 5.41) is 10.7. The summed E-state index contributed by atoms with van der Waals surface area (Å²) in [5.41, 5.74) is 2.44. The molecule has 1 unspecified atom stereocenters. The van der Waals surface area contributed by atoms with Crippen molar-refractivity contribution in [2.75, 3.05) is 0 Å². The van der Waals surface area contributed by atoms with Crippen molar-refractivity contribution in [2.45, 2.75) is 18.9 Å². The number of aliphatic hydroxyl groups excluding tert-OH is 1. The Morgan fingerprint density at radius 2 is 1.43 bits per heavy atom. The fraction of sp³-hybridized carbons (Fsp3) is 0.167. The predicted octanol–water partition coefficient (Wildman–Crippen LogP) is 4.38. The molecular weight excluding hydrogens is 278 g/mol. The molecule has 1 N–H and O–H groups in total. The number of aromatic nitrogens is 1. The second kappa shape index (κ2) is 6.20. The first-order valence-electron chi connectivity index (χ1n) is 6.99. The van der Waals surface area contributed by atoms with Crippen molar-refractivity contribution in [3.05, 3.63) is 87.9 Å². The van der Waals surface area contributed by atoms with E-state index in [0.29, 0.717) is 0 Å². The molecule has 2 aromatic carbocycles. The summed E-state index contributed by atoms with van der Waals surface area (Å²) in [7, 11) is 0. The number of hydrogen-bond acceptors (Lipinski definition) is 3. The molecule has 0 aliphatic heterocycles. The molecule has 2 nitrogen and oxygen atoms in total. The Hall–Kier alpha value is -1.97. The van der Waals surface area contributed by atoms with Gasteiger partial charge in [-0.05, 0) is 18.1 Å². The van der Waals surface area contributed by atoms with E-state index in [1.807, 2.05) is 12.1 Å². The van der Waals surface area contributed by atoms with Gasteiger partial charge >= 0.3 is 0 Å². The highest BCUT2D eigenvalue weighted by atomic mass is 32.1. The minimum Gasteiger partial charge on any atom is -0.388 e. The molecule has 0 fully saturated rings. The lowest BCUT2D eigenvalue weighted by Crippen LogP contribution is -2.02. The van der Waals surface area contributed by atoms with Crippen LogP contribution in [0.5, 0.6) is 0 Å². The Morgan fingerprint density at radius 3 is 1.86 bits per heavy atom.